The van der Waals surface area contributed by atoms with Crippen molar-refractivity contribution in [3.63, 3.8) is 0 Å². The number of nitrogens with zero attached hydrogens (tertiary/aromatic N) is 3. The number of carbonyl (C=O) groups excluding carboxylic acids is 1. The van der Waals surface area contributed by atoms with Crippen molar-refractivity contribution in [3.05, 3.63) is 64.2 Å². The zero-order valence-electron chi connectivity index (χ0n) is 14.1. The van der Waals surface area contributed by atoms with Crippen LogP contribution in [0, 0.1) is 18.3 Å². The van der Waals surface area contributed by atoms with E-state index >= 15 is 0 Å². The summed E-state index contributed by atoms with van der Waals surface area (Å²) in [6.45, 7) is 1.85. The van der Waals surface area contributed by atoms with Crippen molar-refractivity contribution >= 4 is 33.7 Å². The van der Waals surface area contributed by atoms with Gasteiger partial charge in [0.05, 0.1) is 23.6 Å². The van der Waals surface area contributed by atoms with Crippen LogP contribution in [0.25, 0.3) is 22.0 Å². The molecular formula is C19H12N4O2S2. The van der Waals surface area contributed by atoms with Gasteiger partial charge < -0.3 is 4.42 Å². The Morgan fingerprint density at radius 3 is 2.93 bits per heavy atom. The minimum Gasteiger partial charge on any atom is -0.462 e. The first-order valence-corrected chi connectivity index (χ1v) is 9.62. The molecule has 1 aromatic carbocycles. The molecule has 0 aliphatic carbocycles. The van der Waals surface area contributed by atoms with Crippen molar-refractivity contribution in [3.8, 4) is 28.1 Å². The highest BCUT2D eigenvalue weighted by molar-refractivity contribution is 7.15. The predicted octanol–water partition coefficient (Wildman–Crippen LogP) is 4.96. The molecule has 27 heavy (non-hydrogen) atoms. The molecule has 132 valence electrons. The first kappa shape index (κ1) is 17.1. The molecule has 8 heteroatoms. The number of aromatic nitrogens is 2. The highest BCUT2D eigenvalue weighted by Crippen LogP contribution is 2.29. The van der Waals surface area contributed by atoms with Crippen molar-refractivity contribution < 1.29 is 9.21 Å². The van der Waals surface area contributed by atoms with Crippen LogP contribution in [-0.2, 0) is 0 Å². The maximum absolute atomic E-state index is 12.6. The lowest BCUT2D eigenvalue weighted by Crippen LogP contribution is -2.13. The molecule has 4 aromatic rings. The zero-order valence-corrected chi connectivity index (χ0v) is 15.7. The van der Waals surface area contributed by atoms with Gasteiger partial charge in [0.25, 0.3) is 5.91 Å². The predicted molar refractivity (Wildman–Crippen MR) is 105 cm³/mol. The molecule has 0 saturated heterocycles. The molecule has 4 rings (SSSR count). The molecule has 0 aliphatic heterocycles. The van der Waals surface area contributed by atoms with Gasteiger partial charge in [-0.15, -0.1) is 22.7 Å². The van der Waals surface area contributed by atoms with Crippen molar-refractivity contribution in [1.29, 1.82) is 5.26 Å². The van der Waals surface area contributed by atoms with Gasteiger partial charge in [-0.3, -0.25) is 10.1 Å². The summed E-state index contributed by atoms with van der Waals surface area (Å²) in [4.78, 5) is 22.2. The molecular weight excluding hydrogens is 380 g/mol. The Balaban J connectivity index is 1.54. The van der Waals surface area contributed by atoms with Crippen LogP contribution >= 0.6 is 22.7 Å². The minimum absolute atomic E-state index is 0.312. The molecule has 0 saturated carbocycles. The van der Waals surface area contributed by atoms with Crippen LogP contribution in [0.4, 0.5) is 5.13 Å². The molecule has 0 spiro atoms. The summed E-state index contributed by atoms with van der Waals surface area (Å²) in [5.74, 6) is 0.323. The molecule has 0 atom stereocenters. The summed E-state index contributed by atoms with van der Waals surface area (Å²) in [5.41, 5.74) is 2.46. The van der Waals surface area contributed by atoms with Crippen LogP contribution in [0.15, 0.2) is 52.5 Å². The Hall–Kier alpha value is -3.28. The summed E-state index contributed by atoms with van der Waals surface area (Å²) >= 11 is 2.73. The third-order valence-corrected chi connectivity index (χ3v) is 5.50. The van der Waals surface area contributed by atoms with Crippen molar-refractivity contribution in [2.24, 2.45) is 0 Å². The number of benzene rings is 1. The second-order valence-corrected chi connectivity index (χ2v) is 7.65. The van der Waals surface area contributed by atoms with E-state index < -0.39 is 0 Å². The average Bonchev–Trinajstić information content (AvgIpc) is 3.42. The van der Waals surface area contributed by atoms with Gasteiger partial charge in [0.2, 0.25) is 0 Å². The first-order chi connectivity index (χ1) is 13.1. The molecule has 0 aliphatic rings. The number of amides is 1. The van der Waals surface area contributed by atoms with Gasteiger partial charge in [-0.1, -0.05) is 12.1 Å². The lowest BCUT2D eigenvalue weighted by Gasteiger charge is -2.00. The third kappa shape index (κ3) is 3.51. The van der Waals surface area contributed by atoms with E-state index in [4.69, 9.17) is 9.68 Å². The monoisotopic (exact) mass is 392 g/mol. The van der Waals surface area contributed by atoms with E-state index in [0.29, 0.717) is 32.9 Å². The van der Waals surface area contributed by atoms with Gasteiger partial charge in [-0.2, -0.15) is 5.26 Å². The quantitative estimate of drug-likeness (QED) is 0.530. The fraction of sp³-hybridized carbons (Fsp3) is 0.0526. The zero-order chi connectivity index (χ0) is 18.8. The Labute approximate surface area is 162 Å². The van der Waals surface area contributed by atoms with Crippen LogP contribution < -0.4 is 5.32 Å². The number of aryl methyl sites for hydroxylation is 1. The van der Waals surface area contributed by atoms with Crippen molar-refractivity contribution in [1.82, 2.24) is 9.97 Å². The molecule has 0 radical (unpaired) electrons. The van der Waals surface area contributed by atoms with E-state index in [1.165, 1.54) is 22.7 Å². The fourth-order valence-electron chi connectivity index (χ4n) is 2.48. The van der Waals surface area contributed by atoms with Crippen LogP contribution in [-0.4, -0.2) is 15.9 Å². The van der Waals surface area contributed by atoms with Gasteiger partial charge >= 0.3 is 0 Å². The number of nitriles is 1. The second-order valence-electron chi connectivity index (χ2n) is 5.59. The van der Waals surface area contributed by atoms with Gasteiger partial charge in [-0.25, -0.2) is 9.97 Å². The van der Waals surface area contributed by atoms with E-state index in [0.717, 1.165) is 10.4 Å². The number of furan rings is 1. The highest BCUT2D eigenvalue weighted by Gasteiger charge is 2.19. The highest BCUT2D eigenvalue weighted by atomic mass is 32.1. The molecule has 6 nitrogen and oxygen atoms in total. The normalized spacial score (nSPS) is 10.5. The van der Waals surface area contributed by atoms with Crippen molar-refractivity contribution in [2.75, 3.05) is 5.32 Å². The molecule has 0 fully saturated rings. The van der Waals surface area contributed by atoms with E-state index in [-0.39, 0.29) is 5.91 Å². The Kier molecular flexibility index (Phi) is 4.54. The summed E-state index contributed by atoms with van der Waals surface area (Å²) in [7, 11) is 0. The van der Waals surface area contributed by atoms with E-state index in [2.05, 4.69) is 21.4 Å². The van der Waals surface area contributed by atoms with E-state index in [1.807, 2.05) is 24.4 Å². The maximum Gasteiger partial charge on any atom is 0.277 e. The molecule has 0 unspecified atom stereocenters. The van der Waals surface area contributed by atoms with E-state index in [1.54, 1.807) is 30.5 Å². The first-order valence-electron chi connectivity index (χ1n) is 7.93. The maximum atomic E-state index is 12.6. The number of thiazole rings is 2. The molecule has 3 heterocycles. The van der Waals surface area contributed by atoms with Gasteiger partial charge in [0, 0.05) is 15.8 Å². The standard InChI is InChI=1S/C19H12N4O2S2/c1-11-16(22-18(27-11)15-6-3-7-25-15)17(24)23-19-21-14(10-26-19)13-5-2-4-12(8-13)9-20/h2-8,10H,1H3,(H,21,23,24). The second kappa shape index (κ2) is 7.15. The number of rotatable bonds is 4. The van der Waals surface area contributed by atoms with E-state index in [9.17, 15) is 4.79 Å². The largest absolute Gasteiger partial charge is 0.462 e. The summed E-state index contributed by atoms with van der Waals surface area (Å²) in [6, 6.07) is 12.9. The number of hydrogen-bond acceptors (Lipinski definition) is 7. The van der Waals surface area contributed by atoms with Gasteiger partial charge in [0.15, 0.2) is 15.9 Å². The average molecular weight is 392 g/mol. The molecule has 1 N–H and O–H groups in total. The minimum atomic E-state index is -0.312. The molecule has 1 amide bonds. The topological polar surface area (TPSA) is 91.8 Å². The van der Waals surface area contributed by atoms with Crippen LogP contribution in [0.5, 0.6) is 0 Å². The van der Waals surface area contributed by atoms with Gasteiger partial charge in [-0.05, 0) is 31.2 Å². The number of anilines is 1. The van der Waals surface area contributed by atoms with Crippen LogP contribution in [0.1, 0.15) is 20.9 Å². The SMILES string of the molecule is Cc1sc(-c2ccco2)nc1C(=O)Nc1nc(-c2cccc(C#N)c2)cs1. The van der Waals surface area contributed by atoms with Crippen LogP contribution in [0.3, 0.4) is 0 Å². The number of nitrogens with one attached hydrogen (secondary N) is 1. The smallest absolute Gasteiger partial charge is 0.277 e. The summed E-state index contributed by atoms with van der Waals surface area (Å²) in [6.07, 6.45) is 1.57. The fourth-order valence-corrected chi connectivity index (χ4v) is 4.07. The van der Waals surface area contributed by atoms with Gasteiger partial charge in [0.1, 0.15) is 5.69 Å². The molecule has 0 bridgehead atoms. The summed E-state index contributed by atoms with van der Waals surface area (Å²) in [5, 5.41) is 14.8. The Morgan fingerprint density at radius 2 is 2.15 bits per heavy atom. The molecule has 3 aromatic heterocycles. The number of carbonyl (C=O) groups is 1. The lowest BCUT2D eigenvalue weighted by atomic mass is 10.1. The number of hydrogen-bond donors (Lipinski definition) is 1. The van der Waals surface area contributed by atoms with Crippen molar-refractivity contribution in [2.45, 2.75) is 6.92 Å². The van der Waals surface area contributed by atoms with Crippen LogP contribution in [0.2, 0.25) is 0 Å². The summed E-state index contributed by atoms with van der Waals surface area (Å²) < 4.78 is 5.34. The Morgan fingerprint density at radius 1 is 1.26 bits per heavy atom. The Bertz CT molecular complexity index is 1150. The third-order valence-electron chi connectivity index (χ3n) is 3.76. The lowest BCUT2D eigenvalue weighted by molar-refractivity contribution is 0.102.